The summed E-state index contributed by atoms with van der Waals surface area (Å²) in [5.74, 6) is 1.11. The van der Waals surface area contributed by atoms with Crippen molar-refractivity contribution in [1.82, 2.24) is 9.97 Å². The topological polar surface area (TPSA) is 76.5 Å². The summed E-state index contributed by atoms with van der Waals surface area (Å²) in [6.45, 7) is 1.57. The van der Waals surface area contributed by atoms with E-state index in [1.165, 1.54) is 0 Å². The van der Waals surface area contributed by atoms with Gasteiger partial charge in [0.1, 0.15) is 17.6 Å². The molecule has 0 bridgehead atoms. The third-order valence-corrected chi connectivity index (χ3v) is 3.35. The summed E-state index contributed by atoms with van der Waals surface area (Å²) in [6.07, 6.45) is 1.45. The summed E-state index contributed by atoms with van der Waals surface area (Å²) in [5.41, 5.74) is -0.403. The molecule has 1 aromatic rings. The van der Waals surface area contributed by atoms with Crippen molar-refractivity contribution in [3.05, 3.63) is 17.0 Å². The van der Waals surface area contributed by atoms with Crippen LogP contribution in [0, 0.1) is 0 Å². The number of methoxy groups -OCH3 is 1. The van der Waals surface area contributed by atoms with Crippen LogP contribution in [0.25, 0.3) is 0 Å². The molecule has 1 aliphatic heterocycles. The number of hydrogen-bond donors (Lipinski definition) is 2. The summed E-state index contributed by atoms with van der Waals surface area (Å²) >= 11 is 5.96. The summed E-state index contributed by atoms with van der Waals surface area (Å²) in [6, 6.07) is 1.65. The molecule has 106 valence electrons. The van der Waals surface area contributed by atoms with Crippen molar-refractivity contribution in [2.75, 3.05) is 32.2 Å². The minimum Gasteiger partial charge on any atom is -0.394 e. The second-order valence-corrected chi connectivity index (χ2v) is 4.99. The van der Waals surface area contributed by atoms with Gasteiger partial charge in [-0.15, -0.1) is 0 Å². The Balaban J connectivity index is 2.16. The molecule has 0 atom stereocenters. The van der Waals surface area contributed by atoms with Gasteiger partial charge in [-0.2, -0.15) is 0 Å². The molecule has 19 heavy (non-hydrogen) atoms. The number of ether oxygens (including phenoxy) is 2. The van der Waals surface area contributed by atoms with E-state index in [1.807, 2.05) is 0 Å². The second-order valence-electron chi connectivity index (χ2n) is 4.60. The monoisotopic (exact) mass is 287 g/mol. The number of halogens is 1. The van der Waals surface area contributed by atoms with E-state index in [9.17, 15) is 5.11 Å². The lowest BCUT2D eigenvalue weighted by Gasteiger charge is -2.36. The molecule has 1 fully saturated rings. The highest BCUT2D eigenvalue weighted by Gasteiger charge is 2.32. The van der Waals surface area contributed by atoms with Crippen molar-refractivity contribution in [2.45, 2.75) is 25.0 Å². The van der Waals surface area contributed by atoms with Crippen molar-refractivity contribution in [3.8, 4) is 0 Å². The van der Waals surface area contributed by atoms with Gasteiger partial charge in [-0.25, -0.2) is 9.97 Å². The lowest BCUT2D eigenvalue weighted by Crippen LogP contribution is -2.47. The standard InChI is InChI=1S/C12H18ClN3O3/c1-18-7-11-14-9(13)6-10(15-11)16-12(8-17)2-4-19-5-3-12/h6,17H,2-5,7-8H2,1H3,(H,14,15,16). The molecule has 7 heteroatoms. The van der Waals surface area contributed by atoms with E-state index in [0.717, 1.165) is 12.8 Å². The van der Waals surface area contributed by atoms with Crippen molar-refractivity contribution in [3.63, 3.8) is 0 Å². The molecule has 0 aromatic carbocycles. The largest absolute Gasteiger partial charge is 0.394 e. The molecular weight excluding hydrogens is 270 g/mol. The molecule has 1 aromatic heterocycles. The Morgan fingerprint density at radius 3 is 2.84 bits per heavy atom. The molecule has 0 unspecified atom stereocenters. The minimum absolute atomic E-state index is 0.0254. The Kier molecular flexibility index (Phi) is 4.93. The van der Waals surface area contributed by atoms with Crippen LogP contribution in [0.5, 0.6) is 0 Å². The molecule has 0 spiro atoms. The molecule has 2 heterocycles. The average molecular weight is 288 g/mol. The van der Waals surface area contributed by atoms with Crippen molar-refractivity contribution < 1.29 is 14.6 Å². The van der Waals surface area contributed by atoms with Crippen LogP contribution in [0.1, 0.15) is 18.7 Å². The zero-order valence-corrected chi connectivity index (χ0v) is 11.6. The predicted octanol–water partition coefficient (Wildman–Crippen LogP) is 1.23. The molecule has 0 amide bonds. The molecule has 0 saturated carbocycles. The smallest absolute Gasteiger partial charge is 0.158 e. The zero-order valence-electron chi connectivity index (χ0n) is 10.9. The maximum atomic E-state index is 9.63. The summed E-state index contributed by atoms with van der Waals surface area (Å²) in [4.78, 5) is 8.39. The SMILES string of the molecule is COCc1nc(Cl)cc(NC2(CO)CCOCC2)n1. The molecule has 2 rings (SSSR count). The minimum atomic E-state index is -0.403. The van der Waals surface area contributed by atoms with Crippen LogP contribution < -0.4 is 5.32 Å². The highest BCUT2D eigenvalue weighted by molar-refractivity contribution is 6.29. The maximum absolute atomic E-state index is 9.63. The van der Waals surface area contributed by atoms with E-state index in [1.54, 1.807) is 13.2 Å². The quantitative estimate of drug-likeness (QED) is 0.793. The predicted molar refractivity (Wildman–Crippen MR) is 71.2 cm³/mol. The zero-order chi connectivity index (χ0) is 13.7. The highest BCUT2D eigenvalue weighted by atomic mass is 35.5. The number of aliphatic hydroxyl groups excluding tert-OH is 1. The Morgan fingerprint density at radius 2 is 2.21 bits per heavy atom. The Labute approximate surface area is 117 Å². The maximum Gasteiger partial charge on any atom is 0.158 e. The van der Waals surface area contributed by atoms with Crippen LogP contribution in [0.2, 0.25) is 5.15 Å². The first kappa shape index (κ1) is 14.5. The van der Waals surface area contributed by atoms with Gasteiger partial charge in [0, 0.05) is 26.4 Å². The average Bonchev–Trinajstić information content (AvgIpc) is 2.39. The van der Waals surface area contributed by atoms with Crippen LogP contribution in [-0.2, 0) is 16.1 Å². The molecule has 1 aliphatic rings. The van der Waals surface area contributed by atoms with E-state index in [2.05, 4.69) is 15.3 Å². The van der Waals surface area contributed by atoms with Crippen LogP contribution in [0.3, 0.4) is 0 Å². The lowest BCUT2D eigenvalue weighted by atomic mass is 9.91. The summed E-state index contributed by atoms with van der Waals surface area (Å²) < 4.78 is 10.3. The Morgan fingerprint density at radius 1 is 1.47 bits per heavy atom. The first-order valence-electron chi connectivity index (χ1n) is 6.17. The molecular formula is C12H18ClN3O3. The van der Waals surface area contributed by atoms with Gasteiger partial charge >= 0.3 is 0 Å². The fraction of sp³-hybridized carbons (Fsp3) is 0.667. The summed E-state index contributed by atoms with van der Waals surface area (Å²) in [7, 11) is 1.57. The van der Waals surface area contributed by atoms with Gasteiger partial charge in [0.05, 0.1) is 12.1 Å². The first-order chi connectivity index (χ1) is 9.17. The second kappa shape index (κ2) is 6.47. The first-order valence-corrected chi connectivity index (χ1v) is 6.54. The van der Waals surface area contributed by atoms with Crippen LogP contribution in [-0.4, -0.2) is 47.5 Å². The van der Waals surface area contributed by atoms with Gasteiger partial charge in [-0.3, -0.25) is 0 Å². The van der Waals surface area contributed by atoms with E-state index in [-0.39, 0.29) is 6.61 Å². The van der Waals surface area contributed by atoms with Gasteiger partial charge in [0.2, 0.25) is 0 Å². The number of aliphatic hydroxyl groups is 1. The Hall–Kier alpha value is -0.950. The number of hydrogen-bond acceptors (Lipinski definition) is 6. The van der Waals surface area contributed by atoms with Crippen LogP contribution in [0.4, 0.5) is 5.82 Å². The number of aromatic nitrogens is 2. The Bertz CT molecular complexity index is 425. The number of anilines is 1. The molecule has 0 radical (unpaired) electrons. The third kappa shape index (κ3) is 3.76. The van der Waals surface area contributed by atoms with Crippen molar-refractivity contribution in [1.29, 1.82) is 0 Å². The van der Waals surface area contributed by atoms with Crippen LogP contribution in [0.15, 0.2) is 6.07 Å². The number of nitrogens with one attached hydrogen (secondary N) is 1. The normalized spacial score (nSPS) is 18.3. The molecule has 6 nitrogen and oxygen atoms in total. The highest BCUT2D eigenvalue weighted by Crippen LogP contribution is 2.25. The molecule has 2 N–H and O–H groups in total. The number of nitrogens with zero attached hydrogens (tertiary/aromatic N) is 2. The van der Waals surface area contributed by atoms with E-state index >= 15 is 0 Å². The summed E-state index contributed by atoms with van der Waals surface area (Å²) in [5, 5.41) is 13.2. The molecule has 0 aliphatic carbocycles. The van der Waals surface area contributed by atoms with Gasteiger partial charge < -0.3 is 19.9 Å². The van der Waals surface area contributed by atoms with Gasteiger partial charge in [0.15, 0.2) is 5.82 Å². The molecule has 1 saturated heterocycles. The number of rotatable bonds is 5. The van der Waals surface area contributed by atoms with Crippen molar-refractivity contribution in [2.24, 2.45) is 0 Å². The van der Waals surface area contributed by atoms with E-state index < -0.39 is 5.54 Å². The van der Waals surface area contributed by atoms with E-state index in [0.29, 0.717) is 36.6 Å². The van der Waals surface area contributed by atoms with Gasteiger partial charge in [0.25, 0.3) is 0 Å². The fourth-order valence-corrected chi connectivity index (χ4v) is 2.28. The van der Waals surface area contributed by atoms with Crippen molar-refractivity contribution >= 4 is 17.4 Å². The lowest BCUT2D eigenvalue weighted by molar-refractivity contribution is 0.0378. The van der Waals surface area contributed by atoms with Gasteiger partial charge in [-0.05, 0) is 12.8 Å². The van der Waals surface area contributed by atoms with Crippen LogP contribution >= 0.6 is 11.6 Å². The third-order valence-electron chi connectivity index (χ3n) is 3.16. The van der Waals surface area contributed by atoms with Gasteiger partial charge in [-0.1, -0.05) is 11.6 Å². The fourth-order valence-electron chi connectivity index (χ4n) is 2.08. The van der Waals surface area contributed by atoms with E-state index in [4.69, 9.17) is 21.1 Å².